The molecule has 0 unspecified atom stereocenters. The fraction of sp³-hybridized carbons (Fsp3) is 0.143. The fourth-order valence-electron chi connectivity index (χ4n) is 2.38. The minimum absolute atomic E-state index is 0.0251. The van der Waals surface area contributed by atoms with E-state index in [9.17, 15) is 4.79 Å². The number of nitrogens with two attached hydrogens (primary N) is 1. The Balaban J connectivity index is 2.04. The predicted molar refractivity (Wildman–Crippen MR) is 82.0 cm³/mol. The standard InChI is InChI=1S/C14H14N4OS/c15-20-18-10-3-1-2-9(8-10)11-6-7-16-14-12(11)4-5-13(19)17-14/h1-3,6-8,18H,4-5,15H2,(H,16,17,19). The van der Waals surface area contributed by atoms with E-state index in [1.165, 1.54) is 0 Å². The Hall–Kier alpha value is -2.05. The van der Waals surface area contributed by atoms with Crippen LogP contribution in [-0.4, -0.2) is 10.9 Å². The van der Waals surface area contributed by atoms with Gasteiger partial charge in [0.15, 0.2) is 0 Å². The lowest BCUT2D eigenvalue weighted by molar-refractivity contribution is -0.116. The van der Waals surface area contributed by atoms with Gasteiger partial charge in [0.2, 0.25) is 5.91 Å². The number of benzene rings is 1. The van der Waals surface area contributed by atoms with Gasteiger partial charge in [-0.25, -0.2) is 4.98 Å². The molecule has 0 radical (unpaired) electrons. The molecule has 1 aliphatic rings. The summed E-state index contributed by atoms with van der Waals surface area (Å²) in [7, 11) is 0. The SMILES string of the molecule is NSNc1cccc(-c2ccnc3c2CCC(=O)N3)c1. The van der Waals surface area contributed by atoms with Gasteiger partial charge in [0.05, 0.1) is 0 Å². The second-order valence-electron chi connectivity index (χ2n) is 4.53. The number of hydrogen-bond acceptors (Lipinski definition) is 5. The second kappa shape index (κ2) is 5.52. The summed E-state index contributed by atoms with van der Waals surface area (Å²) in [5.74, 6) is 0.697. The van der Waals surface area contributed by atoms with Crippen LogP contribution in [0.3, 0.4) is 0 Å². The van der Waals surface area contributed by atoms with Gasteiger partial charge in [0, 0.05) is 36.0 Å². The van der Waals surface area contributed by atoms with E-state index in [0.717, 1.165) is 34.5 Å². The van der Waals surface area contributed by atoms with Gasteiger partial charge < -0.3 is 10.0 Å². The molecule has 4 N–H and O–H groups in total. The second-order valence-corrected chi connectivity index (χ2v) is 4.97. The molecule has 1 aromatic heterocycles. The van der Waals surface area contributed by atoms with Crippen molar-refractivity contribution >= 4 is 29.5 Å². The van der Waals surface area contributed by atoms with Crippen LogP contribution < -0.4 is 15.2 Å². The number of carbonyl (C=O) groups excluding carboxylic acids is 1. The molecule has 102 valence electrons. The number of carbonyl (C=O) groups is 1. The number of aromatic nitrogens is 1. The van der Waals surface area contributed by atoms with Crippen LogP contribution in [0.1, 0.15) is 12.0 Å². The number of nitrogens with one attached hydrogen (secondary N) is 2. The average molecular weight is 286 g/mol. The minimum atomic E-state index is 0.0251. The van der Waals surface area contributed by atoms with Gasteiger partial charge in [0.25, 0.3) is 0 Å². The quantitative estimate of drug-likeness (QED) is 0.756. The van der Waals surface area contributed by atoms with Crippen molar-refractivity contribution in [3.8, 4) is 11.1 Å². The Morgan fingerprint density at radius 2 is 2.20 bits per heavy atom. The first kappa shape index (κ1) is 13.0. The van der Waals surface area contributed by atoms with Gasteiger partial charge >= 0.3 is 0 Å². The van der Waals surface area contributed by atoms with E-state index in [1.807, 2.05) is 30.3 Å². The van der Waals surface area contributed by atoms with Crippen LogP contribution in [-0.2, 0) is 11.2 Å². The van der Waals surface area contributed by atoms with E-state index < -0.39 is 0 Å². The monoisotopic (exact) mass is 286 g/mol. The molecule has 0 atom stereocenters. The molecule has 0 bridgehead atoms. The Kier molecular flexibility index (Phi) is 3.58. The molecule has 2 heterocycles. The molecule has 20 heavy (non-hydrogen) atoms. The minimum Gasteiger partial charge on any atom is -0.317 e. The van der Waals surface area contributed by atoms with Gasteiger partial charge in [-0.3, -0.25) is 9.93 Å². The van der Waals surface area contributed by atoms with E-state index >= 15 is 0 Å². The van der Waals surface area contributed by atoms with Crippen molar-refractivity contribution in [2.24, 2.45) is 5.14 Å². The summed E-state index contributed by atoms with van der Waals surface area (Å²) in [5.41, 5.74) is 4.21. The van der Waals surface area contributed by atoms with Crippen LogP contribution in [0.15, 0.2) is 36.5 Å². The normalized spacial score (nSPS) is 13.6. The molecule has 0 saturated heterocycles. The van der Waals surface area contributed by atoms with E-state index in [4.69, 9.17) is 5.14 Å². The van der Waals surface area contributed by atoms with Crippen LogP contribution in [0.25, 0.3) is 11.1 Å². The number of fused-ring (bicyclic) bond motifs is 1. The number of amides is 1. The molecule has 3 rings (SSSR count). The summed E-state index contributed by atoms with van der Waals surface area (Å²) in [6.45, 7) is 0. The van der Waals surface area contributed by atoms with Crippen LogP contribution >= 0.6 is 12.1 Å². The van der Waals surface area contributed by atoms with E-state index in [2.05, 4.69) is 15.0 Å². The van der Waals surface area contributed by atoms with Gasteiger partial charge in [-0.1, -0.05) is 12.1 Å². The smallest absolute Gasteiger partial charge is 0.225 e. The highest BCUT2D eigenvalue weighted by atomic mass is 32.2. The molecule has 1 amide bonds. The molecular weight excluding hydrogens is 272 g/mol. The summed E-state index contributed by atoms with van der Waals surface area (Å²) in [6, 6.07) is 9.98. The first-order valence-electron chi connectivity index (χ1n) is 6.28. The van der Waals surface area contributed by atoms with Crippen LogP contribution in [0, 0.1) is 0 Å². The van der Waals surface area contributed by atoms with Crippen LogP contribution in [0.5, 0.6) is 0 Å². The number of rotatable bonds is 3. The average Bonchev–Trinajstić information content (AvgIpc) is 2.47. The molecular formula is C14H14N4OS. The molecule has 0 aliphatic carbocycles. The molecule has 0 saturated carbocycles. The highest BCUT2D eigenvalue weighted by molar-refractivity contribution is 7.98. The Morgan fingerprint density at radius 3 is 3.05 bits per heavy atom. The van der Waals surface area contributed by atoms with Gasteiger partial charge in [-0.05, 0) is 35.7 Å². The van der Waals surface area contributed by atoms with Crippen molar-refractivity contribution in [1.82, 2.24) is 4.98 Å². The first-order chi connectivity index (χ1) is 9.78. The van der Waals surface area contributed by atoms with Crippen LogP contribution in [0.4, 0.5) is 11.5 Å². The van der Waals surface area contributed by atoms with Gasteiger partial charge in [-0.2, -0.15) is 0 Å². The number of anilines is 2. The molecule has 1 aliphatic heterocycles. The number of nitrogens with zero attached hydrogens (tertiary/aromatic N) is 1. The highest BCUT2D eigenvalue weighted by Crippen LogP contribution is 2.32. The zero-order valence-corrected chi connectivity index (χ0v) is 11.5. The van der Waals surface area contributed by atoms with Crippen molar-refractivity contribution in [1.29, 1.82) is 0 Å². The van der Waals surface area contributed by atoms with Crippen molar-refractivity contribution in [2.75, 3.05) is 10.0 Å². The largest absolute Gasteiger partial charge is 0.317 e. The molecule has 0 fully saturated rings. The third-order valence-corrected chi connectivity index (χ3v) is 3.62. The lowest BCUT2D eigenvalue weighted by Gasteiger charge is -2.19. The van der Waals surface area contributed by atoms with E-state index in [-0.39, 0.29) is 5.91 Å². The lowest BCUT2D eigenvalue weighted by Crippen LogP contribution is -2.20. The van der Waals surface area contributed by atoms with E-state index in [0.29, 0.717) is 18.7 Å². The Bertz CT molecular complexity index is 659. The molecule has 0 spiro atoms. The van der Waals surface area contributed by atoms with E-state index in [1.54, 1.807) is 6.20 Å². The topological polar surface area (TPSA) is 80.0 Å². The van der Waals surface area contributed by atoms with Crippen molar-refractivity contribution in [3.63, 3.8) is 0 Å². The highest BCUT2D eigenvalue weighted by Gasteiger charge is 2.19. The third kappa shape index (κ3) is 2.48. The zero-order chi connectivity index (χ0) is 13.9. The molecule has 2 aromatic rings. The first-order valence-corrected chi connectivity index (χ1v) is 7.16. The summed E-state index contributed by atoms with van der Waals surface area (Å²) >= 11 is 1.07. The maximum absolute atomic E-state index is 11.4. The Morgan fingerprint density at radius 1 is 1.30 bits per heavy atom. The predicted octanol–water partition coefficient (Wildman–Crippen LogP) is 2.57. The van der Waals surface area contributed by atoms with Crippen LogP contribution in [0.2, 0.25) is 0 Å². The summed E-state index contributed by atoms with van der Waals surface area (Å²) < 4.78 is 3.01. The maximum atomic E-state index is 11.4. The number of pyridine rings is 1. The molecule has 1 aromatic carbocycles. The fourth-order valence-corrected chi connectivity index (χ4v) is 2.64. The molecule has 6 heteroatoms. The summed E-state index contributed by atoms with van der Waals surface area (Å²) in [6.07, 6.45) is 2.94. The zero-order valence-electron chi connectivity index (χ0n) is 10.7. The third-order valence-electron chi connectivity index (χ3n) is 3.27. The summed E-state index contributed by atoms with van der Waals surface area (Å²) in [5, 5.41) is 8.24. The number of hydrogen-bond donors (Lipinski definition) is 3. The Labute approximate surface area is 121 Å². The lowest BCUT2D eigenvalue weighted by atomic mass is 9.95. The van der Waals surface area contributed by atoms with Crippen molar-refractivity contribution < 1.29 is 4.79 Å². The van der Waals surface area contributed by atoms with Gasteiger partial charge in [-0.15, -0.1) is 0 Å². The maximum Gasteiger partial charge on any atom is 0.225 e. The van der Waals surface area contributed by atoms with Crippen molar-refractivity contribution in [3.05, 3.63) is 42.1 Å². The van der Waals surface area contributed by atoms with Gasteiger partial charge in [0.1, 0.15) is 5.82 Å². The van der Waals surface area contributed by atoms with Crippen molar-refractivity contribution in [2.45, 2.75) is 12.8 Å². The molecule has 5 nitrogen and oxygen atoms in total. The summed E-state index contributed by atoms with van der Waals surface area (Å²) in [4.78, 5) is 15.7.